The largest absolute Gasteiger partial charge is 0.508 e. The number of benzene rings is 1. The summed E-state index contributed by atoms with van der Waals surface area (Å²) in [5.41, 5.74) is 0.741. The van der Waals surface area contributed by atoms with Gasteiger partial charge in [0.2, 0.25) is 11.8 Å². The van der Waals surface area contributed by atoms with Gasteiger partial charge in [-0.15, -0.1) is 11.3 Å². The molecule has 2 amide bonds. The van der Waals surface area contributed by atoms with Gasteiger partial charge in [-0.1, -0.05) is 32.1 Å². The number of phenolic OH excluding ortho intramolecular Hbond substituents is 1. The number of anilines is 2. The third-order valence-corrected chi connectivity index (χ3v) is 7.33. The van der Waals surface area contributed by atoms with Crippen LogP contribution in [0, 0.1) is 5.92 Å². The van der Waals surface area contributed by atoms with Crippen LogP contribution in [0.5, 0.6) is 5.75 Å². The molecule has 4 rings (SSSR count). The molecular weight excluding hydrogens is 458 g/mol. The quantitative estimate of drug-likeness (QED) is 0.422. The van der Waals surface area contributed by atoms with Crippen molar-refractivity contribution in [2.24, 2.45) is 5.92 Å². The van der Waals surface area contributed by atoms with Crippen molar-refractivity contribution in [1.29, 1.82) is 0 Å². The SMILES string of the molecule is O=C(Nc1nccs1)[C@H](CC1CCCCC1)N1CCN(C(=S)Nc2ccc(O)cc2)CC1=O. The normalized spacial score (nSPS) is 18.1. The Bertz CT molecular complexity index is 961. The van der Waals surface area contributed by atoms with E-state index in [1.807, 2.05) is 10.3 Å². The fraction of sp³-hybridized carbons (Fsp3) is 0.478. The van der Waals surface area contributed by atoms with Gasteiger partial charge >= 0.3 is 0 Å². The summed E-state index contributed by atoms with van der Waals surface area (Å²) in [6, 6.07) is 6.09. The fourth-order valence-electron chi connectivity index (χ4n) is 4.52. The van der Waals surface area contributed by atoms with Crippen LogP contribution in [0.15, 0.2) is 35.8 Å². The second kappa shape index (κ2) is 10.9. The topological polar surface area (TPSA) is 97.8 Å². The van der Waals surface area contributed by atoms with E-state index in [9.17, 15) is 14.7 Å². The van der Waals surface area contributed by atoms with Gasteiger partial charge in [-0.3, -0.25) is 9.59 Å². The van der Waals surface area contributed by atoms with E-state index in [2.05, 4.69) is 15.6 Å². The molecule has 0 radical (unpaired) electrons. The van der Waals surface area contributed by atoms with Gasteiger partial charge in [-0.2, -0.15) is 0 Å². The Labute approximate surface area is 203 Å². The summed E-state index contributed by atoms with van der Waals surface area (Å²) in [5, 5.41) is 18.3. The van der Waals surface area contributed by atoms with Gasteiger partial charge in [-0.05, 0) is 48.8 Å². The van der Waals surface area contributed by atoms with E-state index in [0.717, 1.165) is 18.5 Å². The van der Waals surface area contributed by atoms with Gasteiger partial charge < -0.3 is 25.5 Å². The van der Waals surface area contributed by atoms with E-state index < -0.39 is 6.04 Å². The summed E-state index contributed by atoms with van der Waals surface area (Å²) in [7, 11) is 0. The summed E-state index contributed by atoms with van der Waals surface area (Å²) in [6.45, 7) is 1.09. The highest BCUT2D eigenvalue weighted by Gasteiger charge is 2.36. The second-order valence-corrected chi connectivity index (χ2v) is 9.85. The summed E-state index contributed by atoms with van der Waals surface area (Å²) < 4.78 is 0. The van der Waals surface area contributed by atoms with Crippen LogP contribution in [0.4, 0.5) is 10.8 Å². The average Bonchev–Trinajstić information content (AvgIpc) is 3.33. The molecule has 1 aliphatic heterocycles. The standard InChI is InChI=1S/C23H29N5O3S2/c29-18-8-6-17(7-9-18)25-23(32)27-11-12-28(20(30)15-27)19(14-16-4-2-1-3-5-16)21(31)26-22-24-10-13-33-22/h6-10,13,16,19,29H,1-5,11-12,14-15H2,(H,25,32)(H,24,26,31)/t19-/m0/s1. The van der Waals surface area contributed by atoms with Crippen molar-refractivity contribution in [3.63, 3.8) is 0 Å². The molecule has 2 fully saturated rings. The van der Waals surface area contributed by atoms with Gasteiger partial charge in [0.1, 0.15) is 11.8 Å². The van der Waals surface area contributed by atoms with E-state index in [-0.39, 0.29) is 24.1 Å². The molecule has 0 unspecified atom stereocenters. The van der Waals surface area contributed by atoms with Crippen LogP contribution in [-0.4, -0.2) is 62.5 Å². The van der Waals surface area contributed by atoms with E-state index in [1.54, 1.807) is 35.4 Å². The number of nitrogens with zero attached hydrogens (tertiary/aromatic N) is 3. The van der Waals surface area contributed by atoms with Crippen molar-refractivity contribution in [2.75, 3.05) is 30.3 Å². The molecule has 0 spiro atoms. The maximum absolute atomic E-state index is 13.2. The van der Waals surface area contributed by atoms with E-state index in [4.69, 9.17) is 12.2 Å². The van der Waals surface area contributed by atoms with Gasteiger partial charge in [0.05, 0.1) is 6.54 Å². The number of aromatic hydroxyl groups is 1. The maximum atomic E-state index is 13.2. The van der Waals surface area contributed by atoms with Crippen LogP contribution in [0.1, 0.15) is 38.5 Å². The van der Waals surface area contributed by atoms with Crippen LogP contribution in [0.3, 0.4) is 0 Å². The lowest BCUT2D eigenvalue weighted by atomic mass is 9.84. The Kier molecular flexibility index (Phi) is 7.77. The average molecular weight is 488 g/mol. The van der Waals surface area contributed by atoms with Crippen LogP contribution < -0.4 is 10.6 Å². The summed E-state index contributed by atoms with van der Waals surface area (Å²) >= 11 is 6.87. The zero-order valence-electron chi connectivity index (χ0n) is 18.4. The Balaban J connectivity index is 1.41. The Morgan fingerprint density at radius 3 is 2.61 bits per heavy atom. The van der Waals surface area contributed by atoms with Gasteiger partial charge in [-0.25, -0.2) is 4.98 Å². The molecule has 2 heterocycles. The van der Waals surface area contributed by atoms with E-state index in [1.165, 1.54) is 30.6 Å². The summed E-state index contributed by atoms with van der Waals surface area (Å²) in [4.78, 5) is 34.1. The molecule has 176 valence electrons. The zero-order valence-corrected chi connectivity index (χ0v) is 20.0. The molecule has 8 nitrogen and oxygen atoms in total. The molecule has 10 heteroatoms. The number of piperazine rings is 1. The lowest BCUT2D eigenvalue weighted by molar-refractivity contribution is -0.142. The van der Waals surface area contributed by atoms with Crippen molar-refractivity contribution >= 4 is 51.3 Å². The highest BCUT2D eigenvalue weighted by atomic mass is 32.1. The minimum absolute atomic E-state index is 0.105. The van der Waals surface area contributed by atoms with Crippen molar-refractivity contribution in [1.82, 2.24) is 14.8 Å². The molecule has 1 atom stereocenters. The number of aromatic nitrogens is 1. The first-order chi connectivity index (χ1) is 16.0. The molecule has 2 aromatic rings. The van der Waals surface area contributed by atoms with E-state index >= 15 is 0 Å². The molecule has 1 aromatic carbocycles. The van der Waals surface area contributed by atoms with E-state index in [0.29, 0.717) is 35.7 Å². The molecular formula is C23H29N5O3S2. The molecule has 1 aromatic heterocycles. The van der Waals surface area contributed by atoms with Gasteiger partial charge in [0.25, 0.3) is 0 Å². The number of carbonyl (C=O) groups excluding carboxylic acids is 2. The lowest BCUT2D eigenvalue weighted by Gasteiger charge is -2.40. The van der Waals surface area contributed by atoms with Crippen molar-refractivity contribution in [3.8, 4) is 5.75 Å². The number of thiocarbonyl (C=S) groups is 1. The highest BCUT2D eigenvalue weighted by molar-refractivity contribution is 7.80. The number of phenols is 1. The number of amides is 2. The van der Waals surface area contributed by atoms with Gasteiger partial charge in [0.15, 0.2) is 10.2 Å². The number of hydrogen-bond donors (Lipinski definition) is 3. The first-order valence-corrected chi connectivity index (χ1v) is 12.6. The third kappa shape index (κ3) is 6.20. The minimum atomic E-state index is -0.509. The minimum Gasteiger partial charge on any atom is -0.508 e. The lowest BCUT2D eigenvalue weighted by Crippen LogP contribution is -2.59. The van der Waals surface area contributed by atoms with Crippen LogP contribution in [0.25, 0.3) is 0 Å². The van der Waals surface area contributed by atoms with Crippen molar-refractivity contribution < 1.29 is 14.7 Å². The number of thiazole rings is 1. The van der Waals surface area contributed by atoms with Crippen molar-refractivity contribution in [3.05, 3.63) is 35.8 Å². The Morgan fingerprint density at radius 2 is 1.94 bits per heavy atom. The van der Waals surface area contributed by atoms with Crippen molar-refractivity contribution in [2.45, 2.75) is 44.6 Å². The molecule has 3 N–H and O–H groups in total. The fourth-order valence-corrected chi connectivity index (χ4v) is 5.33. The third-order valence-electron chi connectivity index (χ3n) is 6.29. The number of carbonyl (C=O) groups is 2. The molecule has 1 aliphatic carbocycles. The summed E-state index contributed by atoms with van der Waals surface area (Å²) in [5.74, 6) is 0.359. The number of nitrogens with one attached hydrogen (secondary N) is 2. The van der Waals surface area contributed by atoms with Crippen LogP contribution in [-0.2, 0) is 9.59 Å². The Hall–Kier alpha value is -2.72. The zero-order chi connectivity index (χ0) is 23.2. The second-order valence-electron chi connectivity index (χ2n) is 8.57. The molecule has 2 aliphatic rings. The number of hydrogen-bond acceptors (Lipinski definition) is 6. The Morgan fingerprint density at radius 1 is 1.18 bits per heavy atom. The first kappa shape index (κ1) is 23.4. The van der Waals surface area contributed by atoms with Gasteiger partial charge in [0, 0.05) is 30.4 Å². The molecule has 1 saturated heterocycles. The molecule has 1 saturated carbocycles. The maximum Gasteiger partial charge on any atom is 0.248 e. The predicted molar refractivity (Wildman–Crippen MR) is 133 cm³/mol. The number of rotatable bonds is 6. The monoisotopic (exact) mass is 487 g/mol. The highest BCUT2D eigenvalue weighted by Crippen LogP contribution is 2.30. The summed E-state index contributed by atoms with van der Waals surface area (Å²) in [6.07, 6.45) is 8.16. The smallest absolute Gasteiger partial charge is 0.248 e. The van der Waals surface area contributed by atoms with Crippen LogP contribution in [0.2, 0.25) is 0 Å². The first-order valence-electron chi connectivity index (χ1n) is 11.3. The van der Waals surface area contributed by atoms with Crippen LogP contribution >= 0.6 is 23.6 Å². The molecule has 0 bridgehead atoms. The predicted octanol–water partition coefficient (Wildman–Crippen LogP) is 3.67. The molecule has 33 heavy (non-hydrogen) atoms.